The number of hydrogen-bond acceptors (Lipinski definition) is 3. The average molecular weight is 526 g/mol. The van der Waals surface area contributed by atoms with Crippen molar-refractivity contribution in [3.63, 3.8) is 0 Å². The number of rotatable bonds is 6. The number of amides is 1. The van der Waals surface area contributed by atoms with Crippen LogP contribution < -0.4 is 20.7 Å². The Bertz CT molecular complexity index is 847. The van der Waals surface area contributed by atoms with Crippen LogP contribution in [0.5, 0.6) is 5.75 Å². The molecular formula is C18H19F4IN4O2. The van der Waals surface area contributed by atoms with E-state index in [1.54, 1.807) is 6.07 Å². The predicted molar refractivity (Wildman–Crippen MR) is 112 cm³/mol. The van der Waals surface area contributed by atoms with E-state index in [1.165, 1.54) is 49.5 Å². The Hall–Kier alpha value is -2.57. The van der Waals surface area contributed by atoms with Gasteiger partial charge < -0.3 is 20.7 Å². The van der Waals surface area contributed by atoms with E-state index in [-0.39, 0.29) is 54.3 Å². The van der Waals surface area contributed by atoms with Crippen molar-refractivity contribution in [1.82, 2.24) is 10.6 Å². The minimum absolute atomic E-state index is 0. The molecule has 2 aromatic carbocycles. The van der Waals surface area contributed by atoms with Gasteiger partial charge in [0.1, 0.15) is 11.6 Å². The number of benzene rings is 2. The lowest BCUT2D eigenvalue weighted by Gasteiger charge is -2.15. The maximum absolute atomic E-state index is 13.1. The maximum atomic E-state index is 13.1. The van der Waals surface area contributed by atoms with Crippen LogP contribution in [0, 0.1) is 5.82 Å². The molecule has 0 fully saturated rings. The molecule has 158 valence electrons. The highest BCUT2D eigenvalue weighted by Gasteiger charge is 2.31. The standard InChI is InChI=1S/C18H18F4N4O2.HI/c1-23-17(25-11-16(27)26-14-7-4-6-13(19)9-14)24-10-12-5-2-3-8-15(12)28-18(20,21)22;/h2-9H,10-11H2,1H3,(H,26,27)(H2,23,24,25);1H. The molecule has 0 aliphatic carbocycles. The number of para-hydroxylation sites is 1. The summed E-state index contributed by atoms with van der Waals surface area (Å²) in [4.78, 5) is 15.8. The SMILES string of the molecule is CN=C(NCC(=O)Nc1cccc(F)c1)NCc1ccccc1OC(F)(F)F.I. The highest BCUT2D eigenvalue weighted by Crippen LogP contribution is 2.26. The van der Waals surface area contributed by atoms with Crippen molar-refractivity contribution in [1.29, 1.82) is 0 Å². The Balaban J connectivity index is 0.00000420. The zero-order chi connectivity index (χ0) is 20.6. The molecule has 1 amide bonds. The van der Waals surface area contributed by atoms with Crippen LogP contribution in [0.4, 0.5) is 23.2 Å². The van der Waals surface area contributed by atoms with Crippen LogP contribution in [-0.4, -0.2) is 31.8 Å². The van der Waals surface area contributed by atoms with Crippen LogP contribution in [0.2, 0.25) is 0 Å². The molecule has 0 saturated carbocycles. The zero-order valence-corrected chi connectivity index (χ0v) is 17.5. The molecule has 11 heteroatoms. The van der Waals surface area contributed by atoms with Crippen molar-refractivity contribution in [3.8, 4) is 5.75 Å². The number of carbonyl (C=O) groups excluding carboxylic acids is 1. The van der Waals surface area contributed by atoms with Gasteiger partial charge in [0.25, 0.3) is 0 Å². The Morgan fingerprint density at radius 2 is 1.83 bits per heavy atom. The highest BCUT2D eigenvalue weighted by molar-refractivity contribution is 14.0. The minimum atomic E-state index is -4.80. The second kappa shape index (κ2) is 11.4. The van der Waals surface area contributed by atoms with Crippen molar-refractivity contribution >= 4 is 41.5 Å². The number of carbonyl (C=O) groups is 1. The van der Waals surface area contributed by atoms with Gasteiger partial charge in [0.05, 0.1) is 6.54 Å². The topological polar surface area (TPSA) is 74.8 Å². The van der Waals surface area contributed by atoms with Gasteiger partial charge in [0.2, 0.25) is 5.91 Å². The summed E-state index contributed by atoms with van der Waals surface area (Å²) in [6, 6.07) is 11.1. The van der Waals surface area contributed by atoms with E-state index in [1.807, 2.05) is 0 Å². The third kappa shape index (κ3) is 8.98. The minimum Gasteiger partial charge on any atom is -0.405 e. The van der Waals surface area contributed by atoms with Crippen molar-refractivity contribution in [2.75, 3.05) is 18.9 Å². The molecule has 0 heterocycles. The van der Waals surface area contributed by atoms with Gasteiger partial charge in [0.15, 0.2) is 5.96 Å². The number of ether oxygens (including phenoxy) is 1. The van der Waals surface area contributed by atoms with E-state index in [2.05, 4.69) is 25.7 Å². The molecule has 0 aliphatic rings. The molecule has 0 aromatic heterocycles. The molecule has 0 unspecified atom stereocenters. The fourth-order valence-electron chi connectivity index (χ4n) is 2.21. The summed E-state index contributed by atoms with van der Waals surface area (Å²) in [6.07, 6.45) is -4.80. The van der Waals surface area contributed by atoms with Crippen molar-refractivity contribution in [2.24, 2.45) is 4.99 Å². The third-order valence-electron chi connectivity index (χ3n) is 3.39. The molecule has 6 nitrogen and oxygen atoms in total. The van der Waals surface area contributed by atoms with Crippen LogP contribution >= 0.6 is 24.0 Å². The van der Waals surface area contributed by atoms with Crippen molar-refractivity contribution in [3.05, 3.63) is 59.9 Å². The largest absolute Gasteiger partial charge is 0.573 e. The molecule has 29 heavy (non-hydrogen) atoms. The maximum Gasteiger partial charge on any atom is 0.573 e. The van der Waals surface area contributed by atoms with Crippen molar-refractivity contribution < 1.29 is 27.1 Å². The van der Waals surface area contributed by atoms with Gasteiger partial charge in [-0.1, -0.05) is 24.3 Å². The van der Waals surface area contributed by atoms with Crippen LogP contribution in [0.25, 0.3) is 0 Å². The third-order valence-corrected chi connectivity index (χ3v) is 3.39. The molecule has 2 rings (SSSR count). The first-order chi connectivity index (χ1) is 13.3. The molecule has 0 spiro atoms. The first-order valence-corrected chi connectivity index (χ1v) is 8.10. The Labute approximate surface area is 181 Å². The summed E-state index contributed by atoms with van der Waals surface area (Å²) in [5, 5.41) is 8.01. The number of hydrogen-bond donors (Lipinski definition) is 3. The summed E-state index contributed by atoms with van der Waals surface area (Å²) in [6.45, 7) is -0.200. The van der Waals surface area contributed by atoms with E-state index in [4.69, 9.17) is 0 Å². The van der Waals surface area contributed by atoms with Gasteiger partial charge in [-0.25, -0.2) is 4.39 Å². The van der Waals surface area contributed by atoms with E-state index in [0.717, 1.165) is 0 Å². The summed E-state index contributed by atoms with van der Waals surface area (Å²) in [5.41, 5.74) is 0.556. The zero-order valence-electron chi connectivity index (χ0n) is 15.2. The Morgan fingerprint density at radius 1 is 1.10 bits per heavy atom. The monoisotopic (exact) mass is 526 g/mol. The fraction of sp³-hybridized carbons (Fsp3) is 0.222. The van der Waals surface area contributed by atoms with Gasteiger partial charge in [-0.2, -0.15) is 0 Å². The molecule has 0 atom stereocenters. The van der Waals surface area contributed by atoms with Gasteiger partial charge in [-0.05, 0) is 24.3 Å². The molecule has 3 N–H and O–H groups in total. The Kier molecular flexibility index (Phi) is 9.65. The van der Waals surface area contributed by atoms with Gasteiger partial charge >= 0.3 is 6.36 Å². The lowest BCUT2D eigenvalue weighted by Crippen LogP contribution is -2.41. The fourth-order valence-corrected chi connectivity index (χ4v) is 2.21. The van der Waals surface area contributed by atoms with Crippen LogP contribution in [0.3, 0.4) is 0 Å². The first kappa shape index (κ1) is 24.5. The van der Waals surface area contributed by atoms with E-state index in [9.17, 15) is 22.4 Å². The summed E-state index contributed by atoms with van der Waals surface area (Å²) >= 11 is 0. The molecule has 0 aliphatic heterocycles. The quantitative estimate of drug-likeness (QED) is 0.233. The number of aliphatic imine (C=N–C) groups is 1. The van der Waals surface area contributed by atoms with Gasteiger partial charge in [-0.15, -0.1) is 37.1 Å². The summed E-state index contributed by atoms with van der Waals surface area (Å²) < 4.78 is 54.4. The molecule has 0 bridgehead atoms. The second-order valence-electron chi connectivity index (χ2n) is 5.49. The lowest BCUT2D eigenvalue weighted by atomic mass is 10.2. The lowest BCUT2D eigenvalue weighted by molar-refractivity contribution is -0.274. The molecule has 2 aromatic rings. The van der Waals surface area contributed by atoms with E-state index >= 15 is 0 Å². The second-order valence-corrected chi connectivity index (χ2v) is 5.49. The number of guanidine groups is 1. The smallest absolute Gasteiger partial charge is 0.405 e. The number of nitrogens with one attached hydrogen (secondary N) is 3. The van der Waals surface area contributed by atoms with Crippen LogP contribution in [0.15, 0.2) is 53.5 Å². The van der Waals surface area contributed by atoms with Gasteiger partial charge in [-0.3, -0.25) is 9.79 Å². The normalized spacial score (nSPS) is 11.3. The summed E-state index contributed by atoms with van der Waals surface area (Å²) in [5.74, 6) is -1.07. The number of anilines is 1. The molecule has 0 saturated heterocycles. The van der Waals surface area contributed by atoms with Gasteiger partial charge in [0, 0.05) is 24.8 Å². The number of alkyl halides is 3. The van der Waals surface area contributed by atoms with Crippen LogP contribution in [0.1, 0.15) is 5.56 Å². The molecular weight excluding hydrogens is 507 g/mol. The Morgan fingerprint density at radius 3 is 2.48 bits per heavy atom. The summed E-state index contributed by atoms with van der Waals surface area (Å²) in [7, 11) is 1.44. The molecule has 0 radical (unpaired) electrons. The van der Waals surface area contributed by atoms with Crippen LogP contribution in [-0.2, 0) is 11.3 Å². The average Bonchev–Trinajstić information content (AvgIpc) is 2.62. The van der Waals surface area contributed by atoms with E-state index < -0.39 is 18.1 Å². The number of halogens is 5. The van der Waals surface area contributed by atoms with E-state index in [0.29, 0.717) is 5.69 Å². The number of nitrogens with zero attached hydrogens (tertiary/aromatic N) is 1. The predicted octanol–water partition coefficient (Wildman–Crippen LogP) is 3.65. The first-order valence-electron chi connectivity index (χ1n) is 8.10. The highest BCUT2D eigenvalue weighted by atomic mass is 127. The van der Waals surface area contributed by atoms with Crippen molar-refractivity contribution in [2.45, 2.75) is 12.9 Å².